The Bertz CT molecular complexity index is 1000. The molecule has 0 aliphatic carbocycles. The number of quaternary nitrogens is 1. The van der Waals surface area contributed by atoms with E-state index in [1.807, 2.05) is 50.2 Å². The molecule has 1 aliphatic heterocycles. The second kappa shape index (κ2) is 8.29. The first-order valence-electron chi connectivity index (χ1n) is 10.5. The number of aromatic amines is 1. The molecule has 0 unspecified atom stereocenters. The monoisotopic (exact) mass is 392 g/mol. The van der Waals surface area contributed by atoms with Gasteiger partial charge in [0.1, 0.15) is 11.8 Å². The number of aryl methyl sites for hydroxylation is 1. The van der Waals surface area contributed by atoms with Crippen LogP contribution < -0.4 is 14.5 Å². The first-order valence-corrected chi connectivity index (χ1v) is 10.5. The van der Waals surface area contributed by atoms with Crippen molar-refractivity contribution in [2.75, 3.05) is 37.7 Å². The van der Waals surface area contributed by atoms with Gasteiger partial charge in [-0.2, -0.15) is 0 Å². The molecule has 3 aromatic rings. The lowest BCUT2D eigenvalue weighted by molar-refractivity contribution is -0.914. The number of anilines is 1. The number of ether oxygens (including phenoxy) is 1. The van der Waals surface area contributed by atoms with Gasteiger partial charge in [0, 0.05) is 16.6 Å². The molecule has 2 N–H and O–H groups in total. The molecule has 1 fully saturated rings. The average molecular weight is 393 g/mol. The summed E-state index contributed by atoms with van der Waals surface area (Å²) in [6.07, 6.45) is 0. The van der Waals surface area contributed by atoms with Gasteiger partial charge < -0.3 is 19.5 Å². The molecule has 1 aromatic heterocycles. The van der Waals surface area contributed by atoms with Gasteiger partial charge in [0.2, 0.25) is 5.78 Å². The molecule has 0 spiro atoms. The Morgan fingerprint density at radius 1 is 1.14 bits per heavy atom. The Morgan fingerprint density at radius 3 is 2.59 bits per heavy atom. The lowest BCUT2D eigenvalue weighted by atomic mass is 10.0. The van der Waals surface area contributed by atoms with Crippen molar-refractivity contribution in [1.29, 1.82) is 0 Å². The minimum atomic E-state index is -0.0582. The Kier molecular flexibility index (Phi) is 5.58. The van der Waals surface area contributed by atoms with Crippen LogP contribution in [0.4, 0.5) is 5.69 Å². The van der Waals surface area contributed by atoms with Crippen LogP contribution in [0.5, 0.6) is 5.75 Å². The summed E-state index contributed by atoms with van der Waals surface area (Å²) in [5, 5.41) is 1.03. The summed E-state index contributed by atoms with van der Waals surface area (Å²) >= 11 is 0. The Balaban J connectivity index is 1.47. The van der Waals surface area contributed by atoms with Crippen molar-refractivity contribution in [2.45, 2.75) is 26.8 Å². The zero-order valence-electron chi connectivity index (χ0n) is 17.5. The number of nitrogens with one attached hydrogen (secondary N) is 2. The molecule has 2 aromatic carbocycles. The van der Waals surface area contributed by atoms with Crippen LogP contribution in [0.25, 0.3) is 10.9 Å². The third kappa shape index (κ3) is 3.75. The van der Waals surface area contributed by atoms with E-state index in [4.69, 9.17) is 4.74 Å². The number of ketones is 1. The molecule has 2 heterocycles. The molecule has 5 heteroatoms. The van der Waals surface area contributed by atoms with Gasteiger partial charge in [-0.1, -0.05) is 30.3 Å². The number of piperazine rings is 1. The van der Waals surface area contributed by atoms with Crippen LogP contribution in [0.15, 0.2) is 48.5 Å². The van der Waals surface area contributed by atoms with E-state index in [9.17, 15) is 4.79 Å². The summed E-state index contributed by atoms with van der Waals surface area (Å²) in [4.78, 5) is 20.4. The maximum absolute atomic E-state index is 13.4. The number of H-pyrrole nitrogens is 1. The van der Waals surface area contributed by atoms with Gasteiger partial charge in [-0.05, 0) is 39.0 Å². The number of hydrogen-bond acceptors (Lipinski definition) is 3. The molecule has 4 rings (SSSR count). The molecule has 0 saturated carbocycles. The van der Waals surface area contributed by atoms with E-state index in [1.165, 1.54) is 4.90 Å². The van der Waals surface area contributed by atoms with Crippen LogP contribution in [0.2, 0.25) is 0 Å². The van der Waals surface area contributed by atoms with Crippen LogP contribution in [-0.2, 0) is 0 Å². The quantitative estimate of drug-likeness (QED) is 0.634. The number of rotatable bonds is 6. The van der Waals surface area contributed by atoms with Crippen molar-refractivity contribution in [1.82, 2.24) is 4.98 Å². The molecule has 5 nitrogen and oxygen atoms in total. The van der Waals surface area contributed by atoms with Crippen LogP contribution in [-0.4, -0.2) is 49.6 Å². The molecule has 29 heavy (non-hydrogen) atoms. The summed E-state index contributed by atoms with van der Waals surface area (Å²) in [5.41, 5.74) is 4.00. The number of carbonyl (C=O) groups is 1. The van der Waals surface area contributed by atoms with E-state index in [2.05, 4.69) is 28.9 Å². The summed E-state index contributed by atoms with van der Waals surface area (Å²) in [6.45, 7) is 10.5. The largest absolute Gasteiger partial charge is 0.492 e. The highest BCUT2D eigenvalue weighted by Gasteiger charge is 2.32. The molecule has 1 atom stereocenters. The Morgan fingerprint density at radius 2 is 1.83 bits per heavy atom. The van der Waals surface area contributed by atoms with E-state index in [-0.39, 0.29) is 11.8 Å². The third-order valence-corrected chi connectivity index (χ3v) is 6.06. The smallest absolute Gasteiger partial charge is 0.222 e. The van der Waals surface area contributed by atoms with Crippen molar-refractivity contribution in [3.05, 3.63) is 59.8 Å². The number of benzene rings is 2. The van der Waals surface area contributed by atoms with Crippen LogP contribution in [0, 0.1) is 6.92 Å². The normalized spacial score (nSPS) is 16.2. The lowest BCUT2D eigenvalue weighted by Gasteiger charge is -2.36. The molecule has 0 bridgehead atoms. The second-order valence-corrected chi connectivity index (χ2v) is 7.80. The molecule has 1 aliphatic rings. The second-order valence-electron chi connectivity index (χ2n) is 7.80. The molecular formula is C24H30N3O2+. The van der Waals surface area contributed by atoms with Crippen LogP contribution in [0.1, 0.15) is 29.9 Å². The van der Waals surface area contributed by atoms with Gasteiger partial charge in [-0.3, -0.25) is 4.79 Å². The summed E-state index contributed by atoms with van der Waals surface area (Å²) in [6, 6.07) is 16.2. The zero-order chi connectivity index (χ0) is 20.4. The van der Waals surface area contributed by atoms with Gasteiger partial charge in [0.05, 0.1) is 44.0 Å². The number of fused-ring (bicyclic) bond motifs is 1. The number of hydrogen-bond donors (Lipinski definition) is 2. The van der Waals surface area contributed by atoms with Gasteiger partial charge in [-0.15, -0.1) is 0 Å². The van der Waals surface area contributed by atoms with Crippen molar-refractivity contribution < 1.29 is 14.4 Å². The molecule has 0 radical (unpaired) electrons. The van der Waals surface area contributed by atoms with E-state index < -0.39 is 0 Å². The summed E-state index contributed by atoms with van der Waals surface area (Å²) in [5.74, 6) is 1.18. The third-order valence-electron chi connectivity index (χ3n) is 6.06. The molecule has 1 saturated heterocycles. The number of nitrogens with zero attached hydrogens (tertiary/aromatic N) is 1. The van der Waals surface area contributed by atoms with Crippen molar-refractivity contribution in [3.8, 4) is 5.75 Å². The standard InChI is InChI=1S/C24H29N3O2/c1-4-29-22-12-8-7-11-21(22)27-15-13-26(14-16-27)18(3)24(28)23-17(2)25-20-10-6-5-9-19(20)23/h5-12,18,25H,4,13-16H2,1-3H3/p+1/t18-/m1/s1. The maximum atomic E-state index is 13.4. The highest BCUT2D eigenvalue weighted by molar-refractivity contribution is 6.10. The Hall–Kier alpha value is -2.79. The molecule has 152 valence electrons. The minimum absolute atomic E-state index is 0.0582. The van der Waals surface area contributed by atoms with E-state index in [0.717, 1.165) is 59.8 Å². The summed E-state index contributed by atoms with van der Waals surface area (Å²) < 4.78 is 5.80. The number of carbonyl (C=O) groups excluding carboxylic acids is 1. The number of para-hydroxylation sites is 3. The van der Waals surface area contributed by atoms with Gasteiger partial charge in [0.25, 0.3) is 0 Å². The first-order chi connectivity index (χ1) is 14.1. The maximum Gasteiger partial charge on any atom is 0.222 e. The first kappa shape index (κ1) is 19.5. The predicted molar refractivity (Wildman–Crippen MR) is 117 cm³/mol. The topological polar surface area (TPSA) is 49.8 Å². The molecule has 0 amide bonds. The van der Waals surface area contributed by atoms with Crippen LogP contribution in [0.3, 0.4) is 0 Å². The average Bonchev–Trinajstić information content (AvgIpc) is 3.09. The predicted octanol–water partition coefficient (Wildman–Crippen LogP) is 2.85. The van der Waals surface area contributed by atoms with E-state index >= 15 is 0 Å². The van der Waals surface area contributed by atoms with Gasteiger partial charge in [-0.25, -0.2) is 0 Å². The lowest BCUT2D eigenvalue weighted by Crippen LogP contribution is -3.18. The fraction of sp³-hybridized carbons (Fsp3) is 0.375. The molecular weight excluding hydrogens is 362 g/mol. The SMILES string of the molecule is CCOc1ccccc1N1CC[NH+]([C@H](C)C(=O)c2c(C)[nH]c3ccccc23)CC1. The van der Waals surface area contributed by atoms with E-state index in [1.54, 1.807) is 0 Å². The van der Waals surface area contributed by atoms with Crippen LogP contribution >= 0.6 is 0 Å². The van der Waals surface area contributed by atoms with Crippen molar-refractivity contribution in [2.24, 2.45) is 0 Å². The number of Topliss-reactive ketones (excluding diaryl/α,β-unsaturated/α-hetero) is 1. The zero-order valence-corrected chi connectivity index (χ0v) is 17.5. The van der Waals surface area contributed by atoms with Crippen molar-refractivity contribution in [3.63, 3.8) is 0 Å². The number of aromatic nitrogens is 1. The fourth-order valence-corrected chi connectivity index (χ4v) is 4.46. The summed E-state index contributed by atoms with van der Waals surface area (Å²) in [7, 11) is 0. The van der Waals surface area contributed by atoms with Crippen molar-refractivity contribution >= 4 is 22.4 Å². The van der Waals surface area contributed by atoms with Gasteiger partial charge in [0.15, 0.2) is 0 Å². The highest BCUT2D eigenvalue weighted by atomic mass is 16.5. The van der Waals surface area contributed by atoms with E-state index in [0.29, 0.717) is 6.61 Å². The minimum Gasteiger partial charge on any atom is -0.492 e. The Labute approximate surface area is 172 Å². The highest BCUT2D eigenvalue weighted by Crippen LogP contribution is 2.28. The fourth-order valence-electron chi connectivity index (χ4n) is 4.46. The van der Waals surface area contributed by atoms with Gasteiger partial charge >= 0.3 is 0 Å².